The van der Waals surface area contributed by atoms with Crippen LogP contribution < -0.4 is 5.32 Å². The minimum atomic E-state index is -0.292. The summed E-state index contributed by atoms with van der Waals surface area (Å²) in [6, 6.07) is 13.9. The summed E-state index contributed by atoms with van der Waals surface area (Å²) >= 11 is 0. The fourth-order valence-corrected chi connectivity index (χ4v) is 3.87. The van der Waals surface area contributed by atoms with Crippen molar-refractivity contribution in [1.29, 1.82) is 0 Å². The molecule has 5 rings (SSSR count). The molecule has 0 spiro atoms. The number of fused-ring (bicyclic) bond motifs is 1. The van der Waals surface area contributed by atoms with E-state index < -0.39 is 0 Å². The average Bonchev–Trinajstić information content (AvgIpc) is 3.51. The summed E-state index contributed by atoms with van der Waals surface area (Å²) in [5.41, 5.74) is 3.55. The average molecular weight is 444 g/mol. The molecule has 0 aliphatic carbocycles. The van der Waals surface area contributed by atoms with Crippen LogP contribution in [0.4, 0.5) is 10.2 Å². The molecule has 4 heterocycles. The molecular formula is C24H21FN6O2. The second-order valence-electron chi connectivity index (χ2n) is 7.75. The topological polar surface area (TPSA) is 90.8 Å². The third kappa shape index (κ3) is 4.00. The molecule has 0 unspecified atom stereocenters. The van der Waals surface area contributed by atoms with Crippen LogP contribution in [0.3, 0.4) is 0 Å². The number of carbonyl (C=O) groups excluding carboxylic acids is 1. The summed E-state index contributed by atoms with van der Waals surface area (Å²) in [6.07, 6.45) is 3.28. The highest BCUT2D eigenvalue weighted by Gasteiger charge is 2.18. The van der Waals surface area contributed by atoms with E-state index in [1.54, 1.807) is 46.1 Å². The van der Waals surface area contributed by atoms with E-state index in [2.05, 4.69) is 20.5 Å². The zero-order chi connectivity index (χ0) is 22.9. The lowest BCUT2D eigenvalue weighted by Gasteiger charge is -2.06. The lowest BCUT2D eigenvalue weighted by atomic mass is 10.1. The summed E-state index contributed by atoms with van der Waals surface area (Å²) < 4.78 is 22.7. The van der Waals surface area contributed by atoms with Gasteiger partial charge in [0.2, 0.25) is 5.91 Å². The molecule has 0 fully saturated rings. The van der Waals surface area contributed by atoms with Gasteiger partial charge in [-0.25, -0.2) is 14.1 Å². The number of nitrogens with zero attached hydrogens (tertiary/aromatic N) is 5. The van der Waals surface area contributed by atoms with Crippen molar-refractivity contribution in [3.05, 3.63) is 83.8 Å². The summed E-state index contributed by atoms with van der Waals surface area (Å²) in [4.78, 5) is 17.2. The van der Waals surface area contributed by atoms with Crippen LogP contribution >= 0.6 is 0 Å². The lowest BCUT2D eigenvalue weighted by molar-refractivity contribution is -0.116. The van der Waals surface area contributed by atoms with E-state index in [1.165, 1.54) is 6.07 Å². The lowest BCUT2D eigenvalue weighted by Crippen LogP contribution is -2.20. The van der Waals surface area contributed by atoms with E-state index in [4.69, 9.17) is 4.42 Å². The number of anilines is 1. The number of nitrogens with one attached hydrogen (secondary N) is 1. The molecule has 1 N–H and O–H groups in total. The predicted octanol–water partition coefficient (Wildman–Crippen LogP) is 4.33. The molecule has 8 nitrogen and oxygen atoms in total. The number of aryl methyl sites for hydroxylation is 2. The quantitative estimate of drug-likeness (QED) is 0.421. The first-order chi connectivity index (χ1) is 16.0. The van der Waals surface area contributed by atoms with Crippen LogP contribution in [-0.4, -0.2) is 30.5 Å². The maximum Gasteiger partial charge on any atom is 0.247 e. The van der Waals surface area contributed by atoms with Gasteiger partial charge in [0.15, 0.2) is 11.5 Å². The number of hydrogen-bond donors (Lipinski definition) is 1. The van der Waals surface area contributed by atoms with Crippen molar-refractivity contribution in [3.63, 3.8) is 0 Å². The molecule has 1 aromatic carbocycles. The number of benzene rings is 1. The zero-order valence-corrected chi connectivity index (χ0v) is 18.1. The van der Waals surface area contributed by atoms with Gasteiger partial charge in [0, 0.05) is 29.1 Å². The highest BCUT2D eigenvalue weighted by atomic mass is 19.1. The minimum absolute atomic E-state index is 0.0296. The van der Waals surface area contributed by atoms with Crippen molar-refractivity contribution in [1.82, 2.24) is 24.5 Å². The van der Waals surface area contributed by atoms with Gasteiger partial charge in [0.05, 0.1) is 23.9 Å². The maximum absolute atomic E-state index is 14.0. The summed E-state index contributed by atoms with van der Waals surface area (Å²) in [6.45, 7) is 3.97. The second-order valence-corrected chi connectivity index (χ2v) is 7.75. The van der Waals surface area contributed by atoms with Gasteiger partial charge in [-0.3, -0.25) is 9.48 Å². The number of furan rings is 1. The monoisotopic (exact) mass is 444 g/mol. The van der Waals surface area contributed by atoms with E-state index >= 15 is 0 Å². The summed E-state index contributed by atoms with van der Waals surface area (Å²) in [7, 11) is 0. The number of aromatic nitrogens is 5. The van der Waals surface area contributed by atoms with Gasteiger partial charge in [0.1, 0.15) is 18.1 Å². The van der Waals surface area contributed by atoms with Crippen molar-refractivity contribution in [2.45, 2.75) is 26.9 Å². The molecule has 0 aliphatic rings. The van der Waals surface area contributed by atoms with Crippen LogP contribution in [0.15, 0.2) is 65.4 Å². The molecule has 9 heteroatoms. The van der Waals surface area contributed by atoms with Crippen molar-refractivity contribution < 1.29 is 13.6 Å². The number of pyridine rings is 1. The molecule has 0 saturated heterocycles. The van der Waals surface area contributed by atoms with Crippen LogP contribution in [0.1, 0.15) is 17.0 Å². The number of hydrogen-bond acceptors (Lipinski definition) is 5. The van der Waals surface area contributed by atoms with Gasteiger partial charge in [-0.1, -0.05) is 18.2 Å². The Balaban J connectivity index is 1.35. The van der Waals surface area contributed by atoms with Crippen molar-refractivity contribution in [2.24, 2.45) is 0 Å². The third-order valence-corrected chi connectivity index (χ3v) is 5.41. The Labute approximate surface area is 188 Å². The molecule has 0 saturated carbocycles. The SMILES string of the molecule is Cc1nn(CC(=O)Nc2cc(C)n(Cc3ccccc3F)n2)c2nccc(-c3ccco3)c12. The van der Waals surface area contributed by atoms with Gasteiger partial charge in [-0.2, -0.15) is 10.2 Å². The molecule has 0 aliphatic heterocycles. The highest BCUT2D eigenvalue weighted by molar-refractivity contribution is 5.95. The Bertz CT molecular complexity index is 1450. The van der Waals surface area contributed by atoms with Crippen molar-refractivity contribution in [3.8, 4) is 11.3 Å². The Morgan fingerprint density at radius 1 is 1.09 bits per heavy atom. The van der Waals surface area contributed by atoms with Crippen LogP contribution in [0.2, 0.25) is 0 Å². The minimum Gasteiger partial charge on any atom is -0.464 e. The van der Waals surface area contributed by atoms with Crippen molar-refractivity contribution in [2.75, 3.05) is 5.32 Å². The largest absolute Gasteiger partial charge is 0.464 e. The first kappa shape index (κ1) is 20.6. The predicted molar refractivity (Wildman–Crippen MR) is 121 cm³/mol. The zero-order valence-electron chi connectivity index (χ0n) is 18.1. The van der Waals surface area contributed by atoms with Gasteiger partial charge in [-0.15, -0.1) is 0 Å². The molecule has 4 aromatic heterocycles. The van der Waals surface area contributed by atoms with E-state index in [0.29, 0.717) is 22.8 Å². The molecule has 5 aromatic rings. The standard InChI is InChI=1S/C24H21FN6O2/c1-15-12-21(29-30(15)13-17-6-3-4-7-19(17)25)27-22(32)14-31-24-23(16(2)28-31)18(9-10-26-24)20-8-5-11-33-20/h3-12H,13-14H2,1-2H3,(H,27,29,32). The summed E-state index contributed by atoms with van der Waals surface area (Å²) in [5.74, 6) is 0.525. The summed E-state index contributed by atoms with van der Waals surface area (Å²) in [5, 5.41) is 12.6. The Hall–Kier alpha value is -4.27. The van der Waals surface area contributed by atoms with Crippen LogP contribution in [0, 0.1) is 19.7 Å². The van der Waals surface area contributed by atoms with Crippen LogP contribution in [-0.2, 0) is 17.9 Å². The molecular weight excluding hydrogens is 423 g/mol. The Kier molecular flexibility index (Phi) is 5.21. The fraction of sp³-hybridized carbons (Fsp3) is 0.167. The second kappa shape index (κ2) is 8.34. The smallest absolute Gasteiger partial charge is 0.247 e. The molecule has 0 radical (unpaired) electrons. The number of carbonyl (C=O) groups is 1. The highest BCUT2D eigenvalue weighted by Crippen LogP contribution is 2.30. The first-order valence-corrected chi connectivity index (χ1v) is 10.4. The van der Waals surface area contributed by atoms with Gasteiger partial charge in [-0.05, 0) is 38.1 Å². The van der Waals surface area contributed by atoms with Crippen LogP contribution in [0.25, 0.3) is 22.4 Å². The normalized spacial score (nSPS) is 11.2. The first-order valence-electron chi connectivity index (χ1n) is 10.4. The van der Waals surface area contributed by atoms with Crippen molar-refractivity contribution >= 4 is 22.8 Å². The third-order valence-electron chi connectivity index (χ3n) is 5.41. The molecule has 1 amide bonds. The van der Waals surface area contributed by atoms with E-state index in [9.17, 15) is 9.18 Å². The number of halogens is 1. The molecule has 33 heavy (non-hydrogen) atoms. The number of rotatable bonds is 6. The molecule has 166 valence electrons. The molecule has 0 bridgehead atoms. The van der Waals surface area contributed by atoms with Gasteiger partial charge < -0.3 is 9.73 Å². The fourth-order valence-electron chi connectivity index (χ4n) is 3.87. The van der Waals surface area contributed by atoms with Crippen LogP contribution in [0.5, 0.6) is 0 Å². The van der Waals surface area contributed by atoms with Gasteiger partial charge in [0.25, 0.3) is 0 Å². The Morgan fingerprint density at radius 2 is 1.94 bits per heavy atom. The van der Waals surface area contributed by atoms with E-state index in [-0.39, 0.29) is 24.8 Å². The molecule has 0 atom stereocenters. The number of amides is 1. The van der Waals surface area contributed by atoms with E-state index in [1.807, 2.05) is 32.0 Å². The Morgan fingerprint density at radius 3 is 2.73 bits per heavy atom. The van der Waals surface area contributed by atoms with Gasteiger partial charge >= 0.3 is 0 Å². The maximum atomic E-state index is 14.0. The van der Waals surface area contributed by atoms with E-state index in [0.717, 1.165) is 22.3 Å².